The highest BCUT2D eigenvalue weighted by molar-refractivity contribution is 6.00. The Morgan fingerprint density at radius 3 is 2.45 bits per heavy atom. The fraction of sp³-hybridized carbons (Fsp3) is 0.379. The Labute approximate surface area is 221 Å². The number of hydrogen-bond acceptors (Lipinski definition) is 5. The minimum absolute atomic E-state index is 0.0329. The van der Waals surface area contributed by atoms with Crippen LogP contribution in [0, 0.1) is 0 Å². The number of nitrogens with zero attached hydrogens (tertiary/aromatic N) is 1. The Bertz CT molecular complexity index is 1340. The first kappa shape index (κ1) is 26.9. The molecular formula is C29H33N3O6. The molecule has 0 unspecified atom stereocenters. The van der Waals surface area contributed by atoms with Crippen LogP contribution in [0.1, 0.15) is 44.7 Å². The third-order valence-electron chi connectivity index (χ3n) is 6.68. The number of nitrogens with one attached hydrogen (secondary N) is 2. The first-order chi connectivity index (χ1) is 18.0. The van der Waals surface area contributed by atoms with Gasteiger partial charge in [0.15, 0.2) is 5.54 Å². The Kier molecular flexibility index (Phi) is 7.57. The number of para-hydroxylation sites is 1. The van der Waals surface area contributed by atoms with Gasteiger partial charge in [-0.25, -0.2) is 9.59 Å². The largest absolute Gasteiger partial charge is 0.480 e. The zero-order valence-electron chi connectivity index (χ0n) is 21.8. The number of carboxylic acids is 1. The summed E-state index contributed by atoms with van der Waals surface area (Å²) in [5.41, 5.74) is 0.531. The maximum atomic E-state index is 13.5. The van der Waals surface area contributed by atoms with Crippen molar-refractivity contribution in [1.29, 1.82) is 0 Å². The number of amides is 2. The number of carbonyl (C=O) groups excluding carboxylic acids is 3. The Hall–Kier alpha value is -4.14. The van der Waals surface area contributed by atoms with Gasteiger partial charge in [-0.2, -0.15) is 0 Å². The van der Waals surface area contributed by atoms with E-state index in [4.69, 9.17) is 4.74 Å². The lowest BCUT2D eigenvalue weighted by Gasteiger charge is -2.50. The minimum Gasteiger partial charge on any atom is -0.480 e. The van der Waals surface area contributed by atoms with Crippen molar-refractivity contribution in [2.45, 2.75) is 63.6 Å². The summed E-state index contributed by atoms with van der Waals surface area (Å²) in [4.78, 5) is 55.4. The van der Waals surface area contributed by atoms with Crippen LogP contribution >= 0.6 is 0 Å². The van der Waals surface area contributed by atoms with Crippen LogP contribution < -0.4 is 5.32 Å². The smallest absolute Gasteiger partial charge is 0.333 e. The molecule has 3 N–H and O–H groups in total. The molecule has 0 spiro atoms. The van der Waals surface area contributed by atoms with Gasteiger partial charge < -0.3 is 25.0 Å². The van der Waals surface area contributed by atoms with Crippen molar-refractivity contribution in [3.05, 3.63) is 71.9 Å². The molecule has 1 aliphatic rings. The molecule has 1 saturated heterocycles. The quantitative estimate of drug-likeness (QED) is 0.279. The molecular weight excluding hydrogens is 486 g/mol. The second kappa shape index (κ2) is 10.7. The summed E-state index contributed by atoms with van der Waals surface area (Å²) in [5.74, 6) is -2.45. The molecule has 2 heterocycles. The number of β-lactam (4-membered cyclic amide) rings is 1. The van der Waals surface area contributed by atoms with E-state index in [1.54, 1.807) is 45.0 Å². The summed E-state index contributed by atoms with van der Waals surface area (Å²) in [6, 6.07) is 15.6. The molecule has 1 aliphatic heterocycles. The molecule has 1 fully saturated rings. The van der Waals surface area contributed by atoms with E-state index in [1.807, 2.05) is 36.5 Å². The lowest BCUT2D eigenvalue weighted by molar-refractivity contribution is -0.188. The predicted molar refractivity (Wildman–Crippen MR) is 141 cm³/mol. The number of hydrogen-bond donors (Lipinski definition) is 3. The van der Waals surface area contributed by atoms with Gasteiger partial charge in [-0.05, 0) is 38.0 Å². The molecule has 0 saturated carbocycles. The highest BCUT2D eigenvalue weighted by Crippen LogP contribution is 2.39. The number of likely N-dealkylation sites (tertiary alicyclic amines) is 1. The first-order valence-electron chi connectivity index (χ1n) is 12.6. The van der Waals surface area contributed by atoms with Crippen molar-refractivity contribution >= 4 is 34.7 Å². The molecule has 3 aromatic rings. The number of aliphatic carboxylic acids is 1. The summed E-state index contributed by atoms with van der Waals surface area (Å²) in [5, 5.41) is 13.1. The van der Waals surface area contributed by atoms with Crippen LogP contribution in [-0.4, -0.2) is 62.5 Å². The second-order valence-corrected chi connectivity index (χ2v) is 10.7. The van der Waals surface area contributed by atoms with Gasteiger partial charge in [-0.15, -0.1) is 0 Å². The Balaban J connectivity index is 1.50. The van der Waals surface area contributed by atoms with E-state index in [1.165, 1.54) is 4.90 Å². The van der Waals surface area contributed by atoms with Crippen LogP contribution in [0.4, 0.5) is 0 Å². The number of H-pyrrole nitrogens is 1. The number of ether oxygens (including phenoxy) is 1. The average molecular weight is 520 g/mol. The molecule has 2 atom stereocenters. The van der Waals surface area contributed by atoms with Crippen molar-refractivity contribution in [2.24, 2.45) is 0 Å². The van der Waals surface area contributed by atoms with E-state index in [2.05, 4.69) is 10.3 Å². The number of aromatic nitrogens is 1. The van der Waals surface area contributed by atoms with Gasteiger partial charge in [0, 0.05) is 42.9 Å². The molecule has 4 rings (SSSR count). The van der Waals surface area contributed by atoms with Crippen molar-refractivity contribution in [1.82, 2.24) is 15.2 Å². The number of carboxylic acid groups (broad SMARTS) is 1. The third kappa shape index (κ3) is 5.88. The number of rotatable bonds is 10. The van der Waals surface area contributed by atoms with Crippen molar-refractivity contribution in [3.8, 4) is 0 Å². The summed E-state index contributed by atoms with van der Waals surface area (Å²) < 4.78 is 5.73. The lowest BCUT2D eigenvalue weighted by atomic mass is 9.78. The molecule has 9 heteroatoms. The molecule has 38 heavy (non-hydrogen) atoms. The molecule has 0 bridgehead atoms. The Morgan fingerprint density at radius 2 is 1.79 bits per heavy atom. The van der Waals surface area contributed by atoms with Crippen LogP contribution in [-0.2, 0) is 36.8 Å². The first-order valence-corrected chi connectivity index (χ1v) is 12.6. The van der Waals surface area contributed by atoms with E-state index >= 15 is 0 Å². The third-order valence-corrected chi connectivity index (χ3v) is 6.68. The SMILES string of the molecule is CC(C)(C)OC(=O)[C@@]1(Cc2c[nH]c3ccccc23)CC(=O)N1CCC(=O)N[C@@H](Cc1ccccc1)C(=O)O. The molecule has 2 amide bonds. The zero-order chi connectivity index (χ0) is 27.5. The van der Waals surface area contributed by atoms with E-state index in [0.29, 0.717) is 0 Å². The summed E-state index contributed by atoms with van der Waals surface area (Å²) in [6.45, 7) is 5.26. The Morgan fingerprint density at radius 1 is 1.11 bits per heavy atom. The molecule has 9 nitrogen and oxygen atoms in total. The van der Waals surface area contributed by atoms with Crippen molar-refractivity contribution in [2.75, 3.05) is 6.54 Å². The average Bonchev–Trinajstić information content (AvgIpc) is 3.25. The summed E-state index contributed by atoms with van der Waals surface area (Å²) in [6.07, 6.45) is 2.00. The van der Waals surface area contributed by atoms with E-state index < -0.39 is 35.0 Å². The second-order valence-electron chi connectivity index (χ2n) is 10.7. The predicted octanol–water partition coefficient (Wildman–Crippen LogP) is 3.23. The van der Waals surface area contributed by atoms with Crippen LogP contribution in [0.3, 0.4) is 0 Å². The monoisotopic (exact) mass is 519 g/mol. The summed E-state index contributed by atoms with van der Waals surface area (Å²) >= 11 is 0. The van der Waals surface area contributed by atoms with Gasteiger partial charge in [0.25, 0.3) is 0 Å². The molecule has 0 radical (unpaired) electrons. The molecule has 200 valence electrons. The number of fused-ring (bicyclic) bond motifs is 1. The van der Waals surface area contributed by atoms with Gasteiger partial charge >= 0.3 is 11.9 Å². The van der Waals surface area contributed by atoms with Crippen LogP contribution in [0.25, 0.3) is 10.9 Å². The van der Waals surface area contributed by atoms with Gasteiger partial charge in [-0.1, -0.05) is 48.5 Å². The highest BCUT2D eigenvalue weighted by Gasteiger charge is 2.58. The van der Waals surface area contributed by atoms with Crippen LogP contribution in [0.15, 0.2) is 60.8 Å². The van der Waals surface area contributed by atoms with Crippen LogP contribution in [0.2, 0.25) is 0 Å². The van der Waals surface area contributed by atoms with Gasteiger partial charge in [0.1, 0.15) is 11.6 Å². The number of aromatic amines is 1. The topological polar surface area (TPSA) is 129 Å². The number of carbonyl (C=O) groups is 4. The lowest BCUT2D eigenvalue weighted by Crippen LogP contribution is -2.70. The molecule has 0 aliphatic carbocycles. The van der Waals surface area contributed by atoms with Gasteiger partial charge in [0.05, 0.1) is 6.42 Å². The van der Waals surface area contributed by atoms with Gasteiger partial charge in [0.2, 0.25) is 11.8 Å². The number of benzene rings is 2. The number of esters is 1. The van der Waals surface area contributed by atoms with E-state index in [9.17, 15) is 24.3 Å². The highest BCUT2D eigenvalue weighted by atomic mass is 16.6. The maximum Gasteiger partial charge on any atom is 0.333 e. The van der Waals surface area contributed by atoms with Crippen LogP contribution in [0.5, 0.6) is 0 Å². The fourth-order valence-electron chi connectivity index (χ4n) is 4.84. The summed E-state index contributed by atoms with van der Waals surface area (Å²) in [7, 11) is 0. The standard InChI is InChI=1S/C29H33N3O6/c1-28(2,3)38-27(37)29(16-20-18-30-22-12-8-7-11-21(20)22)17-25(34)32(29)14-13-24(33)31-23(26(35)36)15-19-9-5-4-6-10-19/h4-12,18,23,30H,13-17H2,1-3H3,(H,31,33)(H,35,36)/t23-,29+/m0/s1. The van der Waals surface area contributed by atoms with E-state index in [0.717, 1.165) is 22.0 Å². The normalized spacial score (nSPS) is 18.1. The maximum absolute atomic E-state index is 13.5. The van der Waals surface area contributed by atoms with Crippen molar-refractivity contribution in [3.63, 3.8) is 0 Å². The zero-order valence-corrected chi connectivity index (χ0v) is 21.8. The van der Waals surface area contributed by atoms with Crippen molar-refractivity contribution < 1.29 is 29.0 Å². The molecule has 1 aromatic heterocycles. The molecule has 2 aromatic carbocycles. The van der Waals surface area contributed by atoms with E-state index in [-0.39, 0.29) is 38.1 Å². The fourth-order valence-corrected chi connectivity index (χ4v) is 4.84. The van der Waals surface area contributed by atoms with Gasteiger partial charge in [-0.3, -0.25) is 9.59 Å². The minimum atomic E-state index is -1.26.